The molecule has 1 aliphatic heterocycles. The van der Waals surface area contributed by atoms with Gasteiger partial charge in [0.1, 0.15) is 38.7 Å². The van der Waals surface area contributed by atoms with Crippen molar-refractivity contribution in [3.05, 3.63) is 159 Å². The molecule has 0 bridgehead atoms. The minimum absolute atomic E-state index is 0. The van der Waals surface area contributed by atoms with Gasteiger partial charge in [-0.2, -0.15) is 31.1 Å². The van der Waals surface area contributed by atoms with Gasteiger partial charge >= 0.3 is 30.8 Å². The summed E-state index contributed by atoms with van der Waals surface area (Å²) < 4.78 is 20.7. The molecular formula is C75H79BrLiN21O6S3. The van der Waals surface area contributed by atoms with Gasteiger partial charge in [-0.15, -0.1) is 41.9 Å². The molecule has 1 saturated heterocycles. The number of nitrogens with zero attached hydrogens (tertiary/aromatic N) is 18. The van der Waals surface area contributed by atoms with E-state index in [-0.39, 0.29) is 85.8 Å². The smallest absolute Gasteiger partial charge is 0.469 e. The molecule has 27 nitrogen and oxygen atoms in total. The number of esters is 2. The predicted molar refractivity (Wildman–Crippen MR) is 410 cm³/mol. The molecule has 32 heteroatoms. The Hall–Kier alpha value is -9.99. The van der Waals surface area contributed by atoms with Crippen LogP contribution in [0.4, 0.5) is 17.1 Å². The van der Waals surface area contributed by atoms with Crippen molar-refractivity contribution in [3.8, 4) is 73.5 Å². The van der Waals surface area contributed by atoms with E-state index < -0.39 is 5.60 Å². The zero-order valence-electron chi connectivity index (χ0n) is 61.3. The fraction of sp³-hybridized carbons (Fsp3) is 0.360. The number of carbonyl (C=O) groups excluding carboxylic acids is 2. The van der Waals surface area contributed by atoms with Crippen LogP contribution in [0.1, 0.15) is 137 Å². The van der Waals surface area contributed by atoms with Crippen LogP contribution in [0.15, 0.2) is 120 Å². The van der Waals surface area contributed by atoms with E-state index in [0.717, 1.165) is 141 Å². The molecule has 6 atom stereocenters. The second kappa shape index (κ2) is 35.2. The SMILES string of the molecule is C1CCOC1.CC(C)Nc1cc(-c2ccc3cc(C#N)cnn23)ncc1-c1nnc(C2CC2C(C)(C)O)s1.CC(C)Nc1cc(-c2ccc3cc(C#N)cnn23)ncc1Br.COC(=O)C1CC1c1nnc(-c2cnc(-c3ccc4cc(C#N)cnn34)cc2NC(C)C)s1.COC(=O)C1CC1c1nncs1.[CH3-].[Li+]. The number of nitrogens with one attached hydrogen (secondary N) is 3. The molecule has 0 spiro atoms. The predicted octanol–water partition coefficient (Wildman–Crippen LogP) is 11.3. The van der Waals surface area contributed by atoms with Crippen molar-refractivity contribution < 1.29 is 47.8 Å². The van der Waals surface area contributed by atoms with Gasteiger partial charge in [0.15, 0.2) is 10.0 Å². The van der Waals surface area contributed by atoms with Crippen LogP contribution in [0.2, 0.25) is 0 Å². The van der Waals surface area contributed by atoms with E-state index in [1.165, 1.54) is 49.7 Å². The molecule has 13 heterocycles. The van der Waals surface area contributed by atoms with Crippen LogP contribution in [-0.2, 0) is 23.8 Å². The number of aromatic nitrogens is 15. The van der Waals surface area contributed by atoms with Gasteiger partial charge in [0, 0.05) is 79.1 Å². The fourth-order valence-electron chi connectivity index (χ4n) is 12.0. The van der Waals surface area contributed by atoms with Gasteiger partial charge in [0.2, 0.25) is 0 Å². The minimum Gasteiger partial charge on any atom is -0.469 e. The Kier molecular flexibility index (Phi) is 26.1. The first-order valence-corrected chi connectivity index (χ1v) is 37.4. The van der Waals surface area contributed by atoms with E-state index in [1.54, 1.807) is 73.5 Å². The normalized spacial score (nSPS) is 17.2. The maximum atomic E-state index is 11.8. The van der Waals surface area contributed by atoms with Crippen molar-refractivity contribution in [1.29, 1.82) is 15.8 Å². The van der Waals surface area contributed by atoms with Gasteiger partial charge in [0.25, 0.3) is 0 Å². The first-order chi connectivity index (χ1) is 50.6. The van der Waals surface area contributed by atoms with E-state index in [4.69, 9.17) is 30.2 Å². The van der Waals surface area contributed by atoms with Gasteiger partial charge in [0.05, 0.1) is 139 Å². The minimum atomic E-state index is -0.702. The Balaban J connectivity index is 0.000000155. The van der Waals surface area contributed by atoms with Crippen molar-refractivity contribution in [2.75, 3.05) is 43.4 Å². The summed E-state index contributed by atoms with van der Waals surface area (Å²) in [6, 6.07) is 30.1. The van der Waals surface area contributed by atoms with E-state index in [9.17, 15) is 14.7 Å². The van der Waals surface area contributed by atoms with Crippen LogP contribution in [0.25, 0.3) is 71.9 Å². The molecule has 0 radical (unpaired) electrons. The number of hydrogen-bond acceptors (Lipinski definition) is 27. The molecule has 546 valence electrons. The standard InChI is InChI=1S/C24H25N7OS.C23H21N7O2S.C16H14BrN5.C7H8N2O2S.C4H8O.CH3.Li/c1-13(2)28-19-9-20(21-6-5-15-7-14(10-25)11-27-31(15)21)26-12-17(19)23-30-29-22(33-23)16-8-18(16)24(3,4)32;1-12(2)27-18-8-19(20-5-4-14-6-13(9-24)10-26-30(14)20)25-11-17(18)22-29-28-21(33-22)15-7-16(15)23(31)32-3;1-10(2)21-14-6-15(19-9-13(14)17)16-4-3-12-5-11(7-18)8-20-22(12)16;1-11-7(10)5-2-4(5)6-9-8-3-12-6;1-2-4-5-3-1;;/h5-7,9,11-13,16,18,32H,8H2,1-4H3,(H,26,28);4-6,8,10-12,15-16H,7H2,1-3H3,(H,25,27);3-6,8-10H,1-2H3,(H,19,21);3-5H,2H2,1H3;1-4H2;1H3;/q;;;;;-1;+1. The van der Waals surface area contributed by atoms with Crippen LogP contribution < -0.4 is 34.8 Å². The van der Waals surface area contributed by atoms with Crippen molar-refractivity contribution in [2.45, 2.75) is 129 Å². The van der Waals surface area contributed by atoms with Gasteiger partial charge in [-0.3, -0.25) is 24.5 Å². The van der Waals surface area contributed by atoms with Crippen molar-refractivity contribution in [1.82, 2.24) is 74.4 Å². The molecule has 3 saturated carbocycles. The van der Waals surface area contributed by atoms with Crippen molar-refractivity contribution in [2.24, 2.45) is 17.8 Å². The third kappa shape index (κ3) is 19.1. The Morgan fingerprint density at radius 1 is 0.570 bits per heavy atom. The quantitative estimate of drug-likeness (QED) is 0.0374. The average molecular weight is 1550 g/mol. The molecule has 6 unspecified atom stereocenters. The number of nitriles is 3. The summed E-state index contributed by atoms with van der Waals surface area (Å²) in [7, 11) is 2.82. The van der Waals surface area contributed by atoms with Gasteiger partial charge in [-0.05, 0) is 182 Å². The second-order valence-corrected chi connectivity index (χ2v) is 30.7. The molecule has 12 aromatic rings. The number of halogens is 1. The van der Waals surface area contributed by atoms with Crippen LogP contribution in [0, 0.1) is 59.2 Å². The summed E-state index contributed by atoms with van der Waals surface area (Å²) in [6.45, 7) is 18.2. The first-order valence-electron chi connectivity index (χ1n) is 34.1. The maximum Gasteiger partial charge on any atom is 1.00 e. The molecule has 4 aliphatic rings. The number of pyridine rings is 3. The molecular weight excluding hydrogens is 1470 g/mol. The Morgan fingerprint density at radius 3 is 1.34 bits per heavy atom. The van der Waals surface area contributed by atoms with Crippen LogP contribution >= 0.6 is 49.9 Å². The number of carbonyl (C=O) groups is 2. The molecule has 107 heavy (non-hydrogen) atoms. The molecule has 16 rings (SSSR count). The van der Waals surface area contributed by atoms with E-state index >= 15 is 0 Å². The number of rotatable bonds is 17. The summed E-state index contributed by atoms with van der Waals surface area (Å²) in [6.07, 6.45) is 15.2. The fourth-order valence-corrected chi connectivity index (χ4v) is 15.2. The maximum absolute atomic E-state index is 11.8. The van der Waals surface area contributed by atoms with E-state index in [1.807, 2.05) is 80.7 Å². The average Bonchev–Trinajstić information content (AvgIpc) is 1.62. The van der Waals surface area contributed by atoms with Crippen LogP contribution in [0.5, 0.6) is 0 Å². The summed E-state index contributed by atoms with van der Waals surface area (Å²) >= 11 is 8.05. The molecule has 0 aromatic carbocycles. The molecule has 12 aromatic heterocycles. The molecule has 4 N–H and O–H groups in total. The Labute approximate surface area is 651 Å². The molecule has 0 amide bonds. The van der Waals surface area contributed by atoms with Gasteiger partial charge in [-0.1, -0.05) is 22.7 Å². The first kappa shape index (κ1) is 79.6. The van der Waals surface area contributed by atoms with Crippen molar-refractivity contribution >= 4 is 95.5 Å². The number of aliphatic hydroxyl groups is 1. The number of ether oxygens (including phenoxy) is 3. The largest absolute Gasteiger partial charge is 1.00 e. The number of fused-ring (bicyclic) bond motifs is 3. The third-order valence-electron chi connectivity index (χ3n) is 17.5. The Morgan fingerprint density at radius 2 is 0.972 bits per heavy atom. The Bertz CT molecular complexity index is 5230. The van der Waals surface area contributed by atoms with Crippen molar-refractivity contribution in [3.63, 3.8) is 0 Å². The summed E-state index contributed by atoms with van der Waals surface area (Å²) in [4.78, 5) is 36.7. The summed E-state index contributed by atoms with van der Waals surface area (Å²) in [5.74, 6) is 0.420. The zero-order valence-corrected chi connectivity index (χ0v) is 65.3. The number of methoxy groups -OCH3 is 2. The van der Waals surface area contributed by atoms with E-state index in [0.29, 0.717) is 22.7 Å². The number of anilines is 3. The van der Waals surface area contributed by atoms with Crippen LogP contribution in [-0.4, -0.2) is 143 Å². The molecule has 4 fully saturated rings. The zero-order chi connectivity index (χ0) is 74.2. The summed E-state index contributed by atoms with van der Waals surface area (Å²) in [5.41, 5.74) is 14.6. The number of hydrogen-bond donors (Lipinski definition) is 4. The van der Waals surface area contributed by atoms with E-state index in [2.05, 4.69) is 152 Å². The van der Waals surface area contributed by atoms with Gasteiger partial charge in [-0.25, -0.2) is 13.5 Å². The topological polar surface area (TPSA) is 357 Å². The summed E-state index contributed by atoms with van der Waals surface area (Å²) in [5, 5.41) is 90.5. The van der Waals surface area contributed by atoms with Crippen LogP contribution in [0.3, 0.4) is 0 Å². The van der Waals surface area contributed by atoms with Gasteiger partial charge < -0.3 is 42.7 Å². The molecule has 3 aliphatic carbocycles. The monoisotopic (exact) mass is 1550 g/mol. The third-order valence-corrected chi connectivity index (χ3v) is 21.1. The second-order valence-electron chi connectivity index (χ2n) is 26.9.